The van der Waals surface area contributed by atoms with E-state index in [0.29, 0.717) is 11.1 Å². The van der Waals surface area contributed by atoms with Crippen LogP contribution in [0.3, 0.4) is 0 Å². The van der Waals surface area contributed by atoms with Gasteiger partial charge in [0, 0.05) is 17.6 Å². The Kier molecular flexibility index (Phi) is 6.03. The molecule has 0 aromatic heterocycles. The Labute approximate surface area is 164 Å². The topological polar surface area (TPSA) is 92.5 Å². The fourth-order valence-electron chi connectivity index (χ4n) is 2.77. The highest BCUT2D eigenvalue weighted by Gasteiger charge is 2.36. The van der Waals surface area contributed by atoms with Crippen LogP contribution in [0.2, 0.25) is 0 Å². The Morgan fingerprint density at radius 2 is 1.67 bits per heavy atom. The number of imide groups is 1. The lowest BCUT2D eigenvalue weighted by Crippen LogP contribution is -2.48. The van der Waals surface area contributed by atoms with E-state index in [2.05, 4.69) is 5.32 Å². The molecule has 0 atom stereocenters. The zero-order chi connectivity index (χ0) is 18.9. The van der Waals surface area contributed by atoms with Crippen LogP contribution in [0.4, 0.5) is 0 Å². The van der Waals surface area contributed by atoms with Gasteiger partial charge in [0.15, 0.2) is 0 Å². The number of rotatable bonds is 5. The van der Waals surface area contributed by atoms with Gasteiger partial charge in [-0.2, -0.15) is 0 Å². The molecule has 3 N–H and O–H groups in total. The van der Waals surface area contributed by atoms with Gasteiger partial charge < -0.3 is 11.1 Å². The Hall–Kier alpha value is -2.70. The molecular weight excluding hydrogens is 366 g/mol. The van der Waals surface area contributed by atoms with Crippen LogP contribution < -0.4 is 11.1 Å². The number of nitrogens with two attached hydrogens (primary N) is 1. The fourth-order valence-corrected chi connectivity index (χ4v) is 2.77. The predicted octanol–water partition coefficient (Wildman–Crippen LogP) is 2.37. The van der Waals surface area contributed by atoms with E-state index in [9.17, 15) is 14.4 Å². The quantitative estimate of drug-likeness (QED) is 0.770. The van der Waals surface area contributed by atoms with Crippen molar-refractivity contribution in [1.82, 2.24) is 10.2 Å². The minimum absolute atomic E-state index is 0. The first kappa shape index (κ1) is 20.6. The van der Waals surface area contributed by atoms with Gasteiger partial charge in [0.25, 0.3) is 17.7 Å². The molecule has 0 bridgehead atoms. The zero-order valence-electron chi connectivity index (χ0n) is 15.2. The molecule has 0 unspecified atom stereocenters. The molecular formula is C20H22ClN3O3. The number of nitrogens with zero attached hydrogens (tertiary/aromatic N) is 1. The largest absolute Gasteiger partial charge is 0.346 e. The van der Waals surface area contributed by atoms with Gasteiger partial charge in [0.2, 0.25) is 0 Å². The van der Waals surface area contributed by atoms with Gasteiger partial charge in [-0.3, -0.25) is 19.3 Å². The molecule has 7 heteroatoms. The average Bonchev–Trinajstić information content (AvgIpc) is 2.87. The second-order valence-electron chi connectivity index (χ2n) is 6.98. The van der Waals surface area contributed by atoms with Crippen molar-refractivity contribution in [2.45, 2.75) is 25.9 Å². The van der Waals surface area contributed by atoms with E-state index < -0.39 is 5.54 Å². The molecule has 142 valence electrons. The molecule has 1 aliphatic heterocycles. The van der Waals surface area contributed by atoms with E-state index in [0.717, 1.165) is 5.56 Å². The van der Waals surface area contributed by atoms with E-state index in [-0.39, 0.29) is 48.8 Å². The monoisotopic (exact) mass is 387 g/mol. The Morgan fingerprint density at radius 1 is 1.04 bits per heavy atom. The molecule has 2 aromatic carbocycles. The van der Waals surface area contributed by atoms with Crippen LogP contribution in [-0.2, 0) is 6.54 Å². The number of benzene rings is 2. The smallest absolute Gasteiger partial charge is 0.261 e. The van der Waals surface area contributed by atoms with Crippen molar-refractivity contribution in [2.24, 2.45) is 5.73 Å². The van der Waals surface area contributed by atoms with Crippen LogP contribution in [0.15, 0.2) is 48.5 Å². The molecule has 0 saturated carbocycles. The highest BCUT2D eigenvalue weighted by Crippen LogP contribution is 2.25. The summed E-state index contributed by atoms with van der Waals surface area (Å²) in [6, 6.07) is 13.9. The summed E-state index contributed by atoms with van der Waals surface area (Å²) < 4.78 is 0. The van der Waals surface area contributed by atoms with Crippen molar-refractivity contribution in [2.75, 3.05) is 6.54 Å². The number of amides is 3. The highest BCUT2D eigenvalue weighted by molar-refractivity contribution is 6.22. The van der Waals surface area contributed by atoms with Crippen LogP contribution >= 0.6 is 12.4 Å². The lowest BCUT2D eigenvalue weighted by Gasteiger charge is -2.24. The summed E-state index contributed by atoms with van der Waals surface area (Å²) in [6.45, 7) is 4.12. The lowest BCUT2D eigenvalue weighted by molar-refractivity contribution is 0.0642. The van der Waals surface area contributed by atoms with Crippen molar-refractivity contribution in [3.63, 3.8) is 0 Å². The highest BCUT2D eigenvalue weighted by atomic mass is 35.5. The van der Waals surface area contributed by atoms with Gasteiger partial charge in [-0.25, -0.2) is 0 Å². The van der Waals surface area contributed by atoms with Gasteiger partial charge in [0.05, 0.1) is 17.7 Å². The fraction of sp³-hybridized carbons (Fsp3) is 0.250. The summed E-state index contributed by atoms with van der Waals surface area (Å²) in [6.07, 6.45) is 0. The molecule has 0 radical (unpaired) electrons. The molecule has 0 fully saturated rings. The molecule has 0 aliphatic carbocycles. The van der Waals surface area contributed by atoms with E-state index in [1.165, 1.54) is 17.0 Å². The molecule has 0 spiro atoms. The van der Waals surface area contributed by atoms with E-state index in [4.69, 9.17) is 5.73 Å². The van der Waals surface area contributed by atoms with Crippen molar-refractivity contribution in [3.8, 4) is 0 Å². The summed E-state index contributed by atoms with van der Waals surface area (Å²) in [5.41, 5.74) is 6.84. The van der Waals surface area contributed by atoms with Crippen molar-refractivity contribution in [3.05, 3.63) is 70.8 Å². The van der Waals surface area contributed by atoms with E-state index in [1.54, 1.807) is 6.07 Å². The molecule has 2 aromatic rings. The number of fused-ring (bicyclic) bond motifs is 1. The van der Waals surface area contributed by atoms with Crippen LogP contribution in [-0.4, -0.2) is 34.7 Å². The van der Waals surface area contributed by atoms with Crippen LogP contribution in [0.1, 0.15) is 50.5 Å². The van der Waals surface area contributed by atoms with Crippen LogP contribution in [0.5, 0.6) is 0 Å². The second-order valence-corrected chi connectivity index (χ2v) is 6.98. The maximum atomic E-state index is 12.7. The zero-order valence-corrected chi connectivity index (χ0v) is 16.0. The molecule has 6 nitrogen and oxygen atoms in total. The molecule has 1 heterocycles. The Morgan fingerprint density at radius 3 is 2.30 bits per heavy atom. The molecule has 3 rings (SSSR count). The van der Waals surface area contributed by atoms with Gasteiger partial charge >= 0.3 is 0 Å². The van der Waals surface area contributed by atoms with Gasteiger partial charge in [-0.15, -0.1) is 12.4 Å². The minimum Gasteiger partial charge on any atom is -0.346 e. The standard InChI is InChI=1S/C20H21N3O3.ClH/c1-20(2,12-21)22-17(24)14-8-9-15-16(10-14)19(26)23(18(15)25)11-13-6-4-3-5-7-13;/h3-10H,11-12,21H2,1-2H3,(H,22,24);1H. The average molecular weight is 388 g/mol. The number of halogens is 1. The third-order valence-electron chi connectivity index (χ3n) is 4.38. The normalized spacial score (nSPS) is 13.2. The number of hydrogen-bond acceptors (Lipinski definition) is 4. The van der Waals surface area contributed by atoms with Crippen LogP contribution in [0, 0.1) is 0 Å². The number of nitrogens with one attached hydrogen (secondary N) is 1. The second kappa shape index (κ2) is 7.90. The molecule has 27 heavy (non-hydrogen) atoms. The maximum Gasteiger partial charge on any atom is 0.261 e. The SMILES string of the molecule is CC(C)(CN)NC(=O)c1ccc2c(c1)C(=O)N(Cc1ccccc1)C2=O.Cl. The van der Waals surface area contributed by atoms with Crippen molar-refractivity contribution >= 4 is 30.1 Å². The first-order valence-electron chi connectivity index (χ1n) is 8.39. The number of hydrogen-bond donors (Lipinski definition) is 2. The number of carbonyl (C=O) groups excluding carboxylic acids is 3. The maximum absolute atomic E-state index is 12.7. The summed E-state index contributed by atoms with van der Waals surface area (Å²) in [5, 5.41) is 2.82. The van der Waals surface area contributed by atoms with E-state index in [1.807, 2.05) is 44.2 Å². The first-order chi connectivity index (χ1) is 12.3. The Bertz CT molecular complexity index is 881. The van der Waals surface area contributed by atoms with Gasteiger partial charge in [0.1, 0.15) is 0 Å². The number of carbonyl (C=O) groups is 3. The van der Waals surface area contributed by atoms with Gasteiger partial charge in [-0.05, 0) is 37.6 Å². The third-order valence-corrected chi connectivity index (χ3v) is 4.38. The summed E-state index contributed by atoms with van der Waals surface area (Å²) in [5.74, 6) is -1.06. The minimum atomic E-state index is -0.560. The molecule has 3 amide bonds. The lowest BCUT2D eigenvalue weighted by atomic mass is 10.0. The van der Waals surface area contributed by atoms with E-state index >= 15 is 0 Å². The van der Waals surface area contributed by atoms with Crippen molar-refractivity contribution < 1.29 is 14.4 Å². The summed E-state index contributed by atoms with van der Waals surface area (Å²) in [4.78, 5) is 38.8. The van der Waals surface area contributed by atoms with Gasteiger partial charge in [-0.1, -0.05) is 30.3 Å². The predicted molar refractivity (Wildman–Crippen MR) is 105 cm³/mol. The van der Waals surface area contributed by atoms with Crippen molar-refractivity contribution in [1.29, 1.82) is 0 Å². The Balaban J connectivity index is 0.00000261. The summed E-state index contributed by atoms with van der Waals surface area (Å²) >= 11 is 0. The molecule has 1 aliphatic rings. The van der Waals surface area contributed by atoms with Crippen LogP contribution in [0.25, 0.3) is 0 Å². The third kappa shape index (κ3) is 4.18. The first-order valence-corrected chi connectivity index (χ1v) is 8.39. The summed E-state index contributed by atoms with van der Waals surface area (Å²) in [7, 11) is 0. The molecule has 0 saturated heterocycles.